The summed E-state index contributed by atoms with van der Waals surface area (Å²) in [6, 6.07) is 3.58. The maximum absolute atomic E-state index is 5.58. The Hall–Kier alpha value is -2.11. The molecule has 2 heterocycles. The molecule has 6 nitrogen and oxygen atoms in total. The molecule has 2 aromatic rings. The first-order chi connectivity index (χ1) is 8.19. The van der Waals surface area contributed by atoms with Crippen molar-refractivity contribution in [2.75, 3.05) is 7.11 Å². The van der Waals surface area contributed by atoms with E-state index in [9.17, 15) is 0 Å². The van der Waals surface area contributed by atoms with Gasteiger partial charge in [-0.1, -0.05) is 0 Å². The molecule has 0 N–H and O–H groups in total. The molecule has 0 aliphatic heterocycles. The summed E-state index contributed by atoms with van der Waals surface area (Å²) in [6.07, 6.45) is 1.64. The fourth-order valence-electron chi connectivity index (χ4n) is 1.38. The Bertz CT molecular complexity index is 510. The highest BCUT2D eigenvalue weighted by atomic mass is 16.5. The highest BCUT2D eigenvalue weighted by Crippen LogP contribution is 2.19. The van der Waals surface area contributed by atoms with Gasteiger partial charge in [-0.25, -0.2) is 9.97 Å². The minimum Gasteiger partial charge on any atom is -0.484 e. The van der Waals surface area contributed by atoms with Crippen LogP contribution in [0, 0.1) is 6.92 Å². The molecule has 0 unspecified atom stereocenters. The number of hydrogen-bond donors (Lipinski definition) is 0. The lowest BCUT2D eigenvalue weighted by molar-refractivity contribution is 0.290. The molecule has 0 spiro atoms. The fraction of sp³-hybridized carbons (Fsp3) is 0.364. The van der Waals surface area contributed by atoms with Crippen LogP contribution in [0.1, 0.15) is 11.5 Å². The van der Waals surface area contributed by atoms with Crippen molar-refractivity contribution in [3.05, 3.63) is 30.0 Å². The van der Waals surface area contributed by atoms with Crippen LogP contribution in [-0.2, 0) is 13.7 Å². The second kappa shape index (κ2) is 4.82. The van der Waals surface area contributed by atoms with Gasteiger partial charge >= 0.3 is 0 Å². The van der Waals surface area contributed by atoms with Gasteiger partial charge in [-0.2, -0.15) is 5.10 Å². The highest BCUT2D eigenvalue weighted by molar-refractivity contribution is 5.30. The largest absolute Gasteiger partial charge is 0.484 e. The van der Waals surface area contributed by atoms with Gasteiger partial charge in [0, 0.05) is 13.1 Å². The molecule has 90 valence electrons. The first-order valence-corrected chi connectivity index (χ1v) is 5.18. The van der Waals surface area contributed by atoms with Crippen molar-refractivity contribution in [1.82, 2.24) is 19.7 Å². The van der Waals surface area contributed by atoms with Crippen molar-refractivity contribution in [2.24, 2.45) is 7.05 Å². The topological polar surface area (TPSA) is 62.1 Å². The maximum atomic E-state index is 5.58. The molecule has 0 atom stereocenters. The Kier molecular flexibility index (Phi) is 3.22. The molecule has 2 rings (SSSR count). The molecular formula is C11H14N4O2. The summed E-state index contributed by atoms with van der Waals surface area (Å²) in [4.78, 5) is 8.29. The summed E-state index contributed by atoms with van der Waals surface area (Å²) >= 11 is 0. The zero-order valence-electron chi connectivity index (χ0n) is 10.0. The summed E-state index contributed by atoms with van der Waals surface area (Å²) in [5.74, 6) is 1.92. The summed E-state index contributed by atoms with van der Waals surface area (Å²) in [5.41, 5.74) is 0.778. The van der Waals surface area contributed by atoms with E-state index in [2.05, 4.69) is 15.1 Å². The number of rotatable bonds is 4. The molecule has 0 aliphatic carbocycles. The van der Waals surface area contributed by atoms with Gasteiger partial charge < -0.3 is 9.47 Å². The Morgan fingerprint density at radius 3 is 2.76 bits per heavy atom. The number of hydrogen-bond acceptors (Lipinski definition) is 5. The van der Waals surface area contributed by atoms with Crippen LogP contribution in [0.4, 0.5) is 0 Å². The highest BCUT2D eigenvalue weighted by Gasteiger charge is 2.05. The third kappa shape index (κ3) is 2.72. The molecule has 2 aromatic heterocycles. The predicted molar refractivity (Wildman–Crippen MR) is 60.9 cm³/mol. The van der Waals surface area contributed by atoms with Gasteiger partial charge in [-0.3, -0.25) is 4.68 Å². The van der Waals surface area contributed by atoms with Crippen molar-refractivity contribution in [3.8, 4) is 11.6 Å². The normalized spacial score (nSPS) is 10.3. The van der Waals surface area contributed by atoms with Crippen LogP contribution in [-0.4, -0.2) is 26.9 Å². The second-order valence-electron chi connectivity index (χ2n) is 3.56. The smallest absolute Gasteiger partial charge is 0.213 e. The third-order valence-electron chi connectivity index (χ3n) is 2.22. The van der Waals surface area contributed by atoms with Gasteiger partial charge in [0.2, 0.25) is 5.88 Å². The monoisotopic (exact) mass is 234 g/mol. The average molecular weight is 234 g/mol. The summed E-state index contributed by atoms with van der Waals surface area (Å²) in [7, 11) is 3.40. The van der Waals surface area contributed by atoms with Crippen LogP contribution in [0.25, 0.3) is 0 Å². The zero-order valence-corrected chi connectivity index (χ0v) is 10.0. The number of ether oxygens (including phenoxy) is 2. The molecule has 0 fully saturated rings. The first kappa shape index (κ1) is 11.4. The van der Waals surface area contributed by atoms with Gasteiger partial charge in [0.25, 0.3) is 0 Å². The maximum Gasteiger partial charge on any atom is 0.213 e. The van der Waals surface area contributed by atoms with Crippen LogP contribution in [0.2, 0.25) is 0 Å². The fourth-order valence-corrected chi connectivity index (χ4v) is 1.38. The van der Waals surface area contributed by atoms with Crippen LogP contribution in [0.15, 0.2) is 18.5 Å². The summed E-state index contributed by atoms with van der Waals surface area (Å²) in [6.45, 7) is 2.19. The van der Waals surface area contributed by atoms with Crippen molar-refractivity contribution in [2.45, 2.75) is 13.5 Å². The van der Waals surface area contributed by atoms with E-state index in [-0.39, 0.29) is 0 Å². The van der Waals surface area contributed by atoms with E-state index in [4.69, 9.17) is 9.47 Å². The zero-order chi connectivity index (χ0) is 12.3. The van der Waals surface area contributed by atoms with Crippen LogP contribution in [0.5, 0.6) is 11.6 Å². The number of aryl methyl sites for hydroxylation is 2. The molecular weight excluding hydrogens is 220 g/mol. The first-order valence-electron chi connectivity index (χ1n) is 5.18. The minimum atomic E-state index is 0.329. The van der Waals surface area contributed by atoms with Crippen molar-refractivity contribution >= 4 is 0 Å². The lowest BCUT2D eigenvalue weighted by atomic mass is 10.3. The summed E-state index contributed by atoms with van der Waals surface area (Å²) in [5, 5.41) is 4.12. The quantitative estimate of drug-likeness (QED) is 0.792. The number of methoxy groups -OCH3 is 1. The molecule has 0 saturated heterocycles. The third-order valence-corrected chi connectivity index (χ3v) is 2.22. The van der Waals surface area contributed by atoms with Gasteiger partial charge in [0.1, 0.15) is 18.7 Å². The van der Waals surface area contributed by atoms with E-state index < -0.39 is 0 Å². The molecule has 0 aliphatic rings. The molecule has 6 heteroatoms. The van der Waals surface area contributed by atoms with Crippen LogP contribution in [0.3, 0.4) is 0 Å². The Morgan fingerprint density at radius 2 is 2.18 bits per heavy atom. The Morgan fingerprint density at radius 1 is 1.35 bits per heavy atom. The predicted octanol–water partition coefficient (Wildman–Crippen LogP) is 1.11. The van der Waals surface area contributed by atoms with Gasteiger partial charge in [0.15, 0.2) is 5.82 Å². The van der Waals surface area contributed by atoms with Crippen molar-refractivity contribution in [3.63, 3.8) is 0 Å². The van der Waals surface area contributed by atoms with Crippen molar-refractivity contribution in [1.29, 1.82) is 0 Å². The van der Waals surface area contributed by atoms with E-state index in [0.29, 0.717) is 24.1 Å². The van der Waals surface area contributed by atoms with E-state index >= 15 is 0 Å². The molecule has 17 heavy (non-hydrogen) atoms. The van der Waals surface area contributed by atoms with Gasteiger partial charge in [-0.05, 0) is 13.0 Å². The van der Waals surface area contributed by atoms with Gasteiger partial charge in [0.05, 0.1) is 12.8 Å². The second-order valence-corrected chi connectivity index (χ2v) is 3.56. The Balaban J connectivity index is 2.04. The van der Waals surface area contributed by atoms with E-state index in [1.54, 1.807) is 24.2 Å². The number of pyridine rings is 1. The average Bonchev–Trinajstić information content (AvgIpc) is 2.73. The van der Waals surface area contributed by atoms with Crippen LogP contribution < -0.4 is 9.47 Å². The molecule has 0 amide bonds. The number of aromatic nitrogens is 4. The Labute approximate surface area is 99.2 Å². The van der Waals surface area contributed by atoms with Crippen molar-refractivity contribution < 1.29 is 9.47 Å². The molecule has 0 bridgehead atoms. The van der Waals surface area contributed by atoms with E-state index in [1.807, 2.05) is 20.0 Å². The lowest BCUT2D eigenvalue weighted by Gasteiger charge is -2.07. The van der Waals surface area contributed by atoms with Crippen LogP contribution >= 0.6 is 0 Å². The summed E-state index contributed by atoms with van der Waals surface area (Å²) < 4.78 is 12.2. The SMILES string of the molecule is COc1ccc(OCc2ncn(C)n2)c(C)n1. The van der Waals surface area contributed by atoms with E-state index in [0.717, 1.165) is 5.69 Å². The van der Waals surface area contributed by atoms with E-state index in [1.165, 1.54) is 0 Å². The number of nitrogens with zero attached hydrogens (tertiary/aromatic N) is 4. The van der Waals surface area contributed by atoms with Gasteiger partial charge in [-0.15, -0.1) is 0 Å². The molecule has 0 radical (unpaired) electrons. The minimum absolute atomic E-state index is 0.329. The standard InChI is InChI=1S/C11H14N4O2/c1-8-9(4-5-11(13-8)16-3)17-6-10-12-7-15(2)14-10/h4-5,7H,6H2,1-3H3. The lowest BCUT2D eigenvalue weighted by Crippen LogP contribution is -2.01. The molecule has 0 saturated carbocycles. The molecule has 0 aromatic carbocycles.